The van der Waals surface area contributed by atoms with E-state index in [-0.39, 0.29) is 11.8 Å². The number of nitrogens with zero attached hydrogens (tertiary/aromatic N) is 4. The fraction of sp³-hybridized carbons (Fsp3) is 0.800. The molecule has 1 heterocycles. The zero-order valence-electron chi connectivity index (χ0n) is 10.5. The van der Waals surface area contributed by atoms with Gasteiger partial charge in [0, 0.05) is 20.0 Å². The minimum Gasteiger partial charge on any atom is -0.481 e. The van der Waals surface area contributed by atoms with E-state index >= 15 is 0 Å². The number of nitrogens with one attached hydrogen (secondary N) is 1. The lowest BCUT2D eigenvalue weighted by Gasteiger charge is -2.23. The topological polar surface area (TPSA) is 92.9 Å². The Bertz CT molecular complexity index is 375. The van der Waals surface area contributed by atoms with Crippen molar-refractivity contribution in [2.75, 3.05) is 11.9 Å². The average molecular weight is 241 g/mol. The Balaban J connectivity index is 2.30. The van der Waals surface area contributed by atoms with Crippen LogP contribution in [0.1, 0.15) is 33.1 Å². The molecule has 0 saturated carbocycles. The molecule has 0 unspecified atom stereocenters. The smallest absolute Gasteiger partial charge is 0.303 e. The largest absolute Gasteiger partial charge is 0.481 e. The van der Waals surface area contributed by atoms with Crippen molar-refractivity contribution in [1.82, 2.24) is 20.2 Å². The lowest BCUT2D eigenvalue weighted by molar-refractivity contribution is -0.137. The molecule has 96 valence electrons. The van der Waals surface area contributed by atoms with E-state index in [2.05, 4.69) is 34.7 Å². The van der Waals surface area contributed by atoms with Crippen LogP contribution in [0.25, 0.3) is 0 Å². The van der Waals surface area contributed by atoms with E-state index < -0.39 is 5.97 Å². The number of hydrogen-bond donors (Lipinski definition) is 2. The number of aliphatic carboxylic acids is 1. The van der Waals surface area contributed by atoms with Crippen molar-refractivity contribution in [3.63, 3.8) is 0 Å². The summed E-state index contributed by atoms with van der Waals surface area (Å²) < 4.78 is 1.56. The molecule has 0 saturated heterocycles. The molecule has 0 aliphatic heterocycles. The summed E-state index contributed by atoms with van der Waals surface area (Å²) in [7, 11) is 1.76. The lowest BCUT2D eigenvalue weighted by atomic mass is 9.84. The Hall–Kier alpha value is -1.66. The number of anilines is 1. The first kappa shape index (κ1) is 13.4. The third kappa shape index (κ3) is 4.80. The molecule has 0 atom stereocenters. The molecule has 2 N–H and O–H groups in total. The maximum Gasteiger partial charge on any atom is 0.303 e. The summed E-state index contributed by atoms with van der Waals surface area (Å²) in [5.74, 6) is -0.123. The Morgan fingerprint density at radius 1 is 1.47 bits per heavy atom. The lowest BCUT2D eigenvalue weighted by Crippen LogP contribution is -2.19. The van der Waals surface area contributed by atoms with Crippen LogP contribution in [0.4, 0.5) is 5.95 Å². The van der Waals surface area contributed by atoms with E-state index in [1.807, 2.05) is 0 Å². The third-order valence-electron chi connectivity index (χ3n) is 2.72. The van der Waals surface area contributed by atoms with Gasteiger partial charge in [0.25, 0.3) is 0 Å². The summed E-state index contributed by atoms with van der Waals surface area (Å²) in [5, 5.41) is 22.8. The van der Waals surface area contributed by atoms with Crippen molar-refractivity contribution in [2.24, 2.45) is 12.5 Å². The standard InChI is InChI=1S/C10H19N5O2/c1-10(2,5-4-8(16)17)6-7-11-9-12-13-14-15(9)3/h4-7H2,1-3H3,(H,16,17)(H,11,12,14). The van der Waals surface area contributed by atoms with Crippen LogP contribution >= 0.6 is 0 Å². The number of aromatic nitrogens is 4. The molecule has 0 radical (unpaired) electrons. The van der Waals surface area contributed by atoms with Crippen molar-refractivity contribution in [3.05, 3.63) is 0 Å². The summed E-state index contributed by atoms with van der Waals surface area (Å²) in [6.45, 7) is 4.85. The molecule has 0 aliphatic carbocycles. The number of carboxylic acid groups (broad SMARTS) is 1. The zero-order chi connectivity index (χ0) is 12.9. The second-order valence-electron chi connectivity index (χ2n) is 4.86. The number of rotatable bonds is 7. The Kier molecular flexibility index (Phi) is 4.42. The number of carboxylic acids is 1. The van der Waals surface area contributed by atoms with Crippen LogP contribution in [-0.4, -0.2) is 37.8 Å². The molecular formula is C10H19N5O2. The molecule has 0 fully saturated rings. The molecular weight excluding hydrogens is 222 g/mol. The van der Waals surface area contributed by atoms with Gasteiger partial charge >= 0.3 is 5.97 Å². The zero-order valence-corrected chi connectivity index (χ0v) is 10.5. The van der Waals surface area contributed by atoms with Crippen LogP contribution < -0.4 is 5.32 Å². The van der Waals surface area contributed by atoms with Gasteiger partial charge in [0.2, 0.25) is 5.95 Å². The summed E-state index contributed by atoms with van der Waals surface area (Å²) >= 11 is 0. The second-order valence-corrected chi connectivity index (χ2v) is 4.86. The van der Waals surface area contributed by atoms with Gasteiger partial charge in [-0.15, -0.1) is 0 Å². The Morgan fingerprint density at radius 2 is 2.18 bits per heavy atom. The number of tetrazole rings is 1. The fourth-order valence-corrected chi connectivity index (χ4v) is 1.46. The molecule has 1 aromatic rings. The van der Waals surface area contributed by atoms with Gasteiger partial charge in [0.15, 0.2) is 0 Å². The summed E-state index contributed by atoms with van der Waals surface area (Å²) in [6.07, 6.45) is 1.74. The monoisotopic (exact) mass is 241 g/mol. The van der Waals surface area contributed by atoms with E-state index in [0.717, 1.165) is 13.0 Å². The molecule has 1 aromatic heterocycles. The first-order valence-corrected chi connectivity index (χ1v) is 5.59. The first-order chi connectivity index (χ1) is 7.91. The number of carbonyl (C=O) groups is 1. The van der Waals surface area contributed by atoms with Crippen molar-refractivity contribution in [2.45, 2.75) is 33.1 Å². The molecule has 17 heavy (non-hydrogen) atoms. The van der Waals surface area contributed by atoms with Crippen molar-refractivity contribution < 1.29 is 9.90 Å². The molecule has 0 bridgehead atoms. The Morgan fingerprint density at radius 3 is 2.71 bits per heavy atom. The second kappa shape index (κ2) is 5.60. The summed E-state index contributed by atoms with van der Waals surface area (Å²) in [4.78, 5) is 10.5. The SMILES string of the molecule is Cn1nnnc1NCCC(C)(C)CCC(=O)O. The maximum absolute atomic E-state index is 10.5. The molecule has 7 nitrogen and oxygen atoms in total. The van der Waals surface area contributed by atoms with Gasteiger partial charge in [0.1, 0.15) is 0 Å². The summed E-state index contributed by atoms with van der Waals surface area (Å²) in [6, 6.07) is 0. The van der Waals surface area contributed by atoms with Gasteiger partial charge in [-0.2, -0.15) is 0 Å². The molecule has 0 aromatic carbocycles. The van der Waals surface area contributed by atoms with E-state index in [1.54, 1.807) is 11.7 Å². The minimum atomic E-state index is -0.747. The van der Waals surface area contributed by atoms with Gasteiger partial charge in [-0.05, 0) is 28.7 Å². The van der Waals surface area contributed by atoms with Gasteiger partial charge in [-0.1, -0.05) is 18.9 Å². The van der Waals surface area contributed by atoms with E-state index in [1.165, 1.54) is 0 Å². The van der Waals surface area contributed by atoms with Crippen LogP contribution in [0.15, 0.2) is 0 Å². The minimum absolute atomic E-state index is 0.00257. The Labute approximate surface area is 100 Å². The highest BCUT2D eigenvalue weighted by molar-refractivity contribution is 5.66. The quantitative estimate of drug-likeness (QED) is 0.736. The normalized spacial score (nSPS) is 11.5. The van der Waals surface area contributed by atoms with Gasteiger partial charge in [0.05, 0.1) is 0 Å². The van der Waals surface area contributed by atoms with Crippen LogP contribution in [-0.2, 0) is 11.8 Å². The van der Waals surface area contributed by atoms with Gasteiger partial charge in [-0.25, -0.2) is 4.68 Å². The van der Waals surface area contributed by atoms with Crippen molar-refractivity contribution in [1.29, 1.82) is 0 Å². The van der Waals surface area contributed by atoms with Crippen LogP contribution in [0, 0.1) is 5.41 Å². The molecule has 0 aliphatic rings. The number of hydrogen-bond acceptors (Lipinski definition) is 5. The van der Waals surface area contributed by atoms with Gasteiger partial charge in [-0.3, -0.25) is 4.79 Å². The fourth-order valence-electron chi connectivity index (χ4n) is 1.46. The predicted octanol–water partition coefficient (Wildman–Crippen LogP) is 0.903. The van der Waals surface area contributed by atoms with E-state index in [4.69, 9.17) is 5.11 Å². The van der Waals surface area contributed by atoms with Crippen LogP contribution in [0.5, 0.6) is 0 Å². The van der Waals surface area contributed by atoms with E-state index in [0.29, 0.717) is 12.4 Å². The number of aryl methyl sites for hydroxylation is 1. The maximum atomic E-state index is 10.5. The molecule has 7 heteroatoms. The first-order valence-electron chi connectivity index (χ1n) is 5.59. The predicted molar refractivity (Wildman–Crippen MR) is 62.6 cm³/mol. The molecule has 0 spiro atoms. The highest BCUT2D eigenvalue weighted by Gasteiger charge is 2.19. The van der Waals surface area contributed by atoms with Crippen LogP contribution in [0.3, 0.4) is 0 Å². The van der Waals surface area contributed by atoms with Crippen molar-refractivity contribution in [3.8, 4) is 0 Å². The highest BCUT2D eigenvalue weighted by atomic mass is 16.4. The average Bonchev–Trinajstić information content (AvgIpc) is 2.62. The van der Waals surface area contributed by atoms with Crippen LogP contribution in [0.2, 0.25) is 0 Å². The van der Waals surface area contributed by atoms with Gasteiger partial charge < -0.3 is 10.4 Å². The third-order valence-corrected chi connectivity index (χ3v) is 2.72. The highest BCUT2D eigenvalue weighted by Crippen LogP contribution is 2.26. The van der Waals surface area contributed by atoms with E-state index in [9.17, 15) is 4.79 Å². The molecule has 0 amide bonds. The molecule has 1 rings (SSSR count). The summed E-state index contributed by atoms with van der Waals surface area (Å²) in [5.41, 5.74) is -0.00257. The van der Waals surface area contributed by atoms with Crippen molar-refractivity contribution >= 4 is 11.9 Å².